The first kappa shape index (κ1) is 24.7. The molecule has 0 spiro atoms. The second kappa shape index (κ2) is 10.8. The number of amides is 2. The number of alkyl carbamates (subject to hydrolysis) is 1. The molecule has 0 radical (unpaired) electrons. The van der Waals surface area contributed by atoms with E-state index in [1.54, 1.807) is 25.7 Å². The predicted octanol–water partition coefficient (Wildman–Crippen LogP) is 3.22. The van der Waals surface area contributed by atoms with E-state index in [0.29, 0.717) is 19.4 Å². The first-order chi connectivity index (χ1) is 15.7. The molecule has 0 aliphatic carbocycles. The van der Waals surface area contributed by atoms with Crippen molar-refractivity contribution in [3.63, 3.8) is 0 Å². The molecule has 1 saturated heterocycles. The number of nitrogens with zero attached hydrogens (tertiary/aromatic N) is 1. The van der Waals surface area contributed by atoms with E-state index in [-0.39, 0.29) is 12.1 Å². The fourth-order valence-electron chi connectivity index (χ4n) is 4.07. The van der Waals surface area contributed by atoms with E-state index in [1.165, 1.54) is 0 Å². The molecule has 3 N–H and O–H groups in total. The molecular formula is C26H35N3O4. The van der Waals surface area contributed by atoms with Crippen molar-refractivity contribution in [1.29, 1.82) is 0 Å². The predicted molar refractivity (Wildman–Crippen MR) is 127 cm³/mol. The number of benzene rings is 2. The molecule has 2 amide bonds. The van der Waals surface area contributed by atoms with Gasteiger partial charge in [0.1, 0.15) is 11.6 Å². The molecule has 0 bridgehead atoms. The zero-order valence-electron chi connectivity index (χ0n) is 19.8. The molecule has 4 atom stereocenters. The number of carbonyl (C=O) groups is 2. The first-order valence-corrected chi connectivity index (χ1v) is 11.5. The van der Waals surface area contributed by atoms with E-state index in [4.69, 9.17) is 4.74 Å². The Kier molecular flexibility index (Phi) is 8.10. The molecule has 1 heterocycles. The lowest BCUT2D eigenvalue weighted by atomic mass is 9.96. The monoisotopic (exact) mass is 453 g/mol. The van der Waals surface area contributed by atoms with Crippen molar-refractivity contribution >= 4 is 12.0 Å². The largest absolute Gasteiger partial charge is 0.444 e. The highest BCUT2D eigenvalue weighted by Gasteiger charge is 2.44. The van der Waals surface area contributed by atoms with Gasteiger partial charge >= 0.3 is 6.09 Å². The van der Waals surface area contributed by atoms with Crippen LogP contribution in [0.1, 0.15) is 45.2 Å². The van der Waals surface area contributed by atoms with Gasteiger partial charge in [-0.2, -0.15) is 0 Å². The number of carbonyl (C=O) groups excluding carboxylic acids is 2. The molecule has 1 fully saturated rings. The lowest BCUT2D eigenvalue weighted by Crippen LogP contribution is -2.55. The lowest BCUT2D eigenvalue weighted by molar-refractivity contribution is -0.133. The van der Waals surface area contributed by atoms with Crippen LogP contribution in [0.4, 0.5) is 4.79 Å². The Morgan fingerprint density at radius 1 is 1.09 bits per heavy atom. The van der Waals surface area contributed by atoms with Crippen LogP contribution >= 0.6 is 0 Å². The van der Waals surface area contributed by atoms with Crippen LogP contribution < -0.4 is 10.6 Å². The molecule has 2 aromatic carbocycles. The van der Waals surface area contributed by atoms with Crippen molar-refractivity contribution < 1.29 is 19.4 Å². The van der Waals surface area contributed by atoms with Crippen LogP contribution in [0, 0.1) is 0 Å². The average Bonchev–Trinajstić information content (AvgIpc) is 3.08. The topological polar surface area (TPSA) is 90.9 Å². The number of hydrogen-bond acceptors (Lipinski definition) is 5. The normalized spacial score (nSPS) is 20.4. The third-order valence-electron chi connectivity index (χ3n) is 5.63. The molecule has 1 aliphatic rings. The van der Waals surface area contributed by atoms with E-state index >= 15 is 0 Å². The van der Waals surface area contributed by atoms with Gasteiger partial charge in [0.2, 0.25) is 5.91 Å². The van der Waals surface area contributed by atoms with Gasteiger partial charge in [0, 0.05) is 6.54 Å². The molecule has 178 valence electrons. The van der Waals surface area contributed by atoms with Gasteiger partial charge in [-0.1, -0.05) is 67.6 Å². The Morgan fingerprint density at radius 2 is 1.67 bits per heavy atom. The van der Waals surface area contributed by atoms with Crippen LogP contribution in [0.5, 0.6) is 0 Å². The van der Waals surface area contributed by atoms with Gasteiger partial charge < -0.3 is 20.1 Å². The van der Waals surface area contributed by atoms with E-state index < -0.39 is 29.9 Å². The van der Waals surface area contributed by atoms with Gasteiger partial charge in [0.05, 0.1) is 18.3 Å². The van der Waals surface area contributed by atoms with Gasteiger partial charge in [-0.3, -0.25) is 10.1 Å². The van der Waals surface area contributed by atoms with Crippen molar-refractivity contribution in [2.75, 3.05) is 0 Å². The molecule has 0 aromatic heterocycles. The summed E-state index contributed by atoms with van der Waals surface area (Å²) < 4.78 is 5.41. The Hall–Kier alpha value is -2.90. The van der Waals surface area contributed by atoms with Crippen molar-refractivity contribution in [1.82, 2.24) is 15.5 Å². The van der Waals surface area contributed by atoms with Crippen LogP contribution in [0.3, 0.4) is 0 Å². The lowest BCUT2D eigenvalue weighted by Gasteiger charge is -2.29. The molecule has 1 aliphatic heterocycles. The smallest absolute Gasteiger partial charge is 0.407 e. The Labute approximate surface area is 196 Å². The average molecular weight is 454 g/mol. The molecular weight excluding hydrogens is 418 g/mol. The molecule has 0 saturated carbocycles. The summed E-state index contributed by atoms with van der Waals surface area (Å²) >= 11 is 0. The number of hydrogen-bond donors (Lipinski definition) is 3. The van der Waals surface area contributed by atoms with Crippen LogP contribution in [0.2, 0.25) is 0 Å². The van der Waals surface area contributed by atoms with Gasteiger partial charge in [-0.05, 0) is 44.7 Å². The quantitative estimate of drug-likeness (QED) is 0.571. The maximum absolute atomic E-state index is 13.4. The van der Waals surface area contributed by atoms with Crippen LogP contribution in [-0.4, -0.2) is 52.0 Å². The molecule has 7 heteroatoms. The van der Waals surface area contributed by atoms with Crippen LogP contribution in [0.15, 0.2) is 60.7 Å². The molecule has 33 heavy (non-hydrogen) atoms. The summed E-state index contributed by atoms with van der Waals surface area (Å²) in [6.07, 6.45) is -0.898. The standard InChI is InChI=1S/C26H35N3O4/c1-5-21-28-22(24(31)29(21)17-19-14-10-7-11-15-19)23(30)20(16-18-12-8-6-9-13-18)27-25(32)33-26(2,3)4/h6-15,20-23,28,30H,5,16-17H2,1-4H3,(H,27,32)/t20-,21-,22-,23+/m0/s1. The third kappa shape index (κ3) is 6.79. The number of rotatable bonds is 8. The maximum atomic E-state index is 13.4. The number of nitrogens with one attached hydrogen (secondary N) is 2. The summed E-state index contributed by atoms with van der Waals surface area (Å²) in [5, 5.41) is 17.4. The highest BCUT2D eigenvalue weighted by Crippen LogP contribution is 2.22. The van der Waals surface area contributed by atoms with Gasteiger partial charge in [-0.15, -0.1) is 0 Å². The Balaban J connectivity index is 1.79. The van der Waals surface area contributed by atoms with E-state index in [2.05, 4.69) is 10.6 Å². The Morgan fingerprint density at radius 3 is 2.21 bits per heavy atom. The van der Waals surface area contributed by atoms with Crippen molar-refractivity contribution in [3.05, 3.63) is 71.8 Å². The summed E-state index contributed by atoms with van der Waals surface area (Å²) in [7, 11) is 0. The SMILES string of the molecule is CC[C@H]1N[C@@H]([C@H](O)[C@H](Cc2ccccc2)NC(=O)OC(C)(C)C)C(=O)N1Cc1ccccc1. The van der Waals surface area contributed by atoms with Crippen LogP contribution in [-0.2, 0) is 22.5 Å². The zero-order chi connectivity index (χ0) is 24.0. The number of ether oxygens (including phenoxy) is 1. The molecule has 2 aromatic rings. The second-order valence-corrected chi connectivity index (χ2v) is 9.45. The highest BCUT2D eigenvalue weighted by molar-refractivity contribution is 5.85. The highest BCUT2D eigenvalue weighted by atomic mass is 16.6. The van der Waals surface area contributed by atoms with Crippen molar-refractivity contribution in [2.45, 2.75) is 77.0 Å². The first-order valence-electron chi connectivity index (χ1n) is 11.5. The fraction of sp³-hybridized carbons (Fsp3) is 0.462. The number of aliphatic hydroxyl groups is 1. The van der Waals surface area contributed by atoms with E-state index in [9.17, 15) is 14.7 Å². The minimum atomic E-state index is -1.14. The summed E-state index contributed by atoms with van der Waals surface area (Å²) in [6.45, 7) is 7.80. The Bertz CT molecular complexity index is 914. The summed E-state index contributed by atoms with van der Waals surface area (Å²) in [5.41, 5.74) is 1.29. The number of aliphatic hydroxyl groups excluding tert-OH is 1. The minimum Gasteiger partial charge on any atom is -0.444 e. The molecule has 3 rings (SSSR count). The second-order valence-electron chi connectivity index (χ2n) is 9.45. The summed E-state index contributed by atoms with van der Waals surface area (Å²) in [5.74, 6) is -0.178. The summed E-state index contributed by atoms with van der Waals surface area (Å²) in [4.78, 5) is 27.6. The molecule has 7 nitrogen and oxygen atoms in total. The molecule has 0 unspecified atom stereocenters. The third-order valence-corrected chi connectivity index (χ3v) is 5.63. The van der Waals surface area contributed by atoms with Crippen molar-refractivity contribution in [2.24, 2.45) is 0 Å². The van der Waals surface area contributed by atoms with Gasteiger partial charge in [0.25, 0.3) is 0 Å². The van der Waals surface area contributed by atoms with E-state index in [0.717, 1.165) is 11.1 Å². The minimum absolute atomic E-state index is 0.178. The fourth-order valence-corrected chi connectivity index (χ4v) is 4.07. The van der Waals surface area contributed by atoms with Crippen LogP contribution in [0.25, 0.3) is 0 Å². The summed E-state index contributed by atoms with van der Waals surface area (Å²) in [6, 6.07) is 17.8. The van der Waals surface area contributed by atoms with Gasteiger partial charge in [0.15, 0.2) is 0 Å². The maximum Gasteiger partial charge on any atom is 0.407 e. The zero-order valence-corrected chi connectivity index (χ0v) is 19.8. The van der Waals surface area contributed by atoms with Crippen molar-refractivity contribution in [3.8, 4) is 0 Å². The van der Waals surface area contributed by atoms with Gasteiger partial charge in [-0.25, -0.2) is 4.79 Å². The van der Waals surface area contributed by atoms with E-state index in [1.807, 2.05) is 67.6 Å².